The summed E-state index contributed by atoms with van der Waals surface area (Å²) >= 11 is 0.856. The van der Waals surface area contributed by atoms with E-state index in [0.29, 0.717) is 0 Å². The Labute approximate surface area is 57.8 Å². The lowest BCUT2D eigenvalue weighted by Gasteiger charge is -2.16. The number of hydrogen-bond donors (Lipinski definition) is 2. The molecule has 0 rings (SSSR count). The lowest BCUT2D eigenvalue weighted by Crippen LogP contribution is -2.20. The Bertz CT molecular complexity index is 75.0. The van der Waals surface area contributed by atoms with Gasteiger partial charge >= 0.3 is 0 Å². The van der Waals surface area contributed by atoms with Gasteiger partial charge in [0.25, 0.3) is 0 Å². The van der Waals surface area contributed by atoms with E-state index in [-0.39, 0.29) is 6.61 Å². The van der Waals surface area contributed by atoms with Crippen LogP contribution < -0.4 is 0 Å². The van der Waals surface area contributed by atoms with Crippen molar-refractivity contribution in [3.8, 4) is 0 Å². The summed E-state index contributed by atoms with van der Waals surface area (Å²) in [7, 11) is 0. The molecule has 0 spiro atoms. The molecule has 0 fully saturated rings. The van der Waals surface area contributed by atoms with E-state index in [2.05, 4.69) is 9.37 Å². The molecule has 0 unspecified atom stereocenters. The molecule has 0 heterocycles. The van der Waals surface area contributed by atoms with Gasteiger partial charge in [-0.15, -0.1) is 4.33 Å². The van der Waals surface area contributed by atoms with Crippen molar-refractivity contribution >= 4 is 12.0 Å². The van der Waals surface area contributed by atoms with Gasteiger partial charge in [-0.1, -0.05) is 5.04 Å². The second-order valence-corrected chi connectivity index (χ2v) is 3.55. The Morgan fingerprint density at radius 1 is 1.56 bits per heavy atom. The van der Waals surface area contributed by atoms with Gasteiger partial charge in [0, 0.05) is 12.0 Å². The second kappa shape index (κ2) is 4.08. The molecule has 5 heteroatoms. The van der Waals surface area contributed by atoms with Crippen molar-refractivity contribution in [3.63, 3.8) is 0 Å². The van der Waals surface area contributed by atoms with Gasteiger partial charge in [0.05, 0.1) is 11.4 Å². The predicted octanol–water partition coefficient (Wildman–Crippen LogP) is 0.827. The number of hydrogen-bond acceptors (Lipinski definition) is 5. The van der Waals surface area contributed by atoms with Crippen molar-refractivity contribution in [2.45, 2.75) is 18.6 Å². The van der Waals surface area contributed by atoms with Gasteiger partial charge in [0.15, 0.2) is 0 Å². The van der Waals surface area contributed by atoms with Crippen LogP contribution in [0.15, 0.2) is 0 Å². The minimum atomic E-state index is -0.442. The van der Waals surface area contributed by atoms with Crippen molar-refractivity contribution in [1.29, 1.82) is 0 Å². The van der Waals surface area contributed by atoms with Crippen molar-refractivity contribution in [2.75, 3.05) is 6.61 Å². The Morgan fingerprint density at radius 3 is 2.44 bits per heavy atom. The number of aliphatic hydroxyl groups is 1. The molecule has 0 saturated carbocycles. The fraction of sp³-hybridized carbons (Fsp3) is 1.00. The average molecular weight is 154 g/mol. The first-order valence-corrected chi connectivity index (χ1v) is 3.13. The summed E-state index contributed by atoms with van der Waals surface area (Å²) in [5, 5.41) is 19.6. The Balaban J connectivity index is 3.33. The van der Waals surface area contributed by atoms with Crippen LogP contribution in [0.1, 0.15) is 13.8 Å². The van der Waals surface area contributed by atoms with E-state index >= 15 is 0 Å². The summed E-state index contributed by atoms with van der Waals surface area (Å²) in [5.41, 5.74) is 0. The molecule has 0 aliphatic rings. The highest BCUT2D eigenvalue weighted by Gasteiger charge is 2.18. The van der Waals surface area contributed by atoms with E-state index in [1.807, 2.05) is 0 Å². The minimum Gasteiger partial charge on any atom is -0.395 e. The highest BCUT2D eigenvalue weighted by atomic mass is 32.2. The molecule has 0 amide bonds. The topological polar surface area (TPSA) is 58.9 Å². The highest BCUT2D eigenvalue weighted by Crippen LogP contribution is 2.23. The minimum absolute atomic E-state index is 0.0406. The SMILES string of the molecule is CC(C)(CO)SOOO. The first-order chi connectivity index (χ1) is 4.12. The van der Waals surface area contributed by atoms with Crippen LogP contribution in [0.4, 0.5) is 0 Å². The molecule has 0 aliphatic carbocycles. The molecule has 0 saturated heterocycles. The van der Waals surface area contributed by atoms with Crippen molar-refractivity contribution in [3.05, 3.63) is 0 Å². The van der Waals surface area contributed by atoms with Crippen LogP contribution in [-0.4, -0.2) is 21.7 Å². The fourth-order valence-corrected chi connectivity index (χ4v) is 0.401. The van der Waals surface area contributed by atoms with Crippen molar-refractivity contribution < 1.29 is 19.7 Å². The molecule has 0 aromatic rings. The van der Waals surface area contributed by atoms with E-state index in [1.54, 1.807) is 13.8 Å². The molecule has 9 heavy (non-hydrogen) atoms. The molecule has 0 aromatic carbocycles. The third kappa shape index (κ3) is 4.68. The van der Waals surface area contributed by atoms with Crippen molar-refractivity contribution in [2.24, 2.45) is 0 Å². The second-order valence-electron chi connectivity index (χ2n) is 2.14. The first kappa shape index (κ1) is 9.19. The lowest BCUT2D eigenvalue weighted by atomic mass is 10.2. The normalized spacial score (nSPS) is 12.0. The van der Waals surface area contributed by atoms with Crippen LogP contribution in [0.5, 0.6) is 0 Å². The van der Waals surface area contributed by atoms with E-state index in [9.17, 15) is 0 Å². The quantitative estimate of drug-likeness (QED) is 0.357. The molecule has 2 N–H and O–H groups in total. The molecule has 0 atom stereocenters. The van der Waals surface area contributed by atoms with Gasteiger partial charge < -0.3 is 5.11 Å². The van der Waals surface area contributed by atoms with Gasteiger partial charge in [-0.25, -0.2) is 5.26 Å². The average Bonchev–Trinajstić information content (AvgIpc) is 1.84. The number of aliphatic hydroxyl groups excluding tert-OH is 1. The summed E-state index contributed by atoms with van der Waals surface area (Å²) < 4.78 is 3.66. The third-order valence-electron chi connectivity index (χ3n) is 0.671. The van der Waals surface area contributed by atoms with E-state index < -0.39 is 4.75 Å². The maximum atomic E-state index is 8.58. The Hall–Kier alpha value is 0.190. The van der Waals surface area contributed by atoms with Crippen molar-refractivity contribution in [1.82, 2.24) is 0 Å². The van der Waals surface area contributed by atoms with Crippen LogP contribution in [0.25, 0.3) is 0 Å². The van der Waals surface area contributed by atoms with E-state index in [4.69, 9.17) is 10.4 Å². The summed E-state index contributed by atoms with van der Waals surface area (Å²) in [6.45, 7) is 3.45. The van der Waals surface area contributed by atoms with Gasteiger partial charge in [-0.05, 0) is 13.8 Å². The molecule has 0 bridgehead atoms. The van der Waals surface area contributed by atoms with Gasteiger partial charge in [0.2, 0.25) is 0 Å². The summed E-state index contributed by atoms with van der Waals surface area (Å²) in [6, 6.07) is 0. The molecule has 0 aliphatic heterocycles. The largest absolute Gasteiger partial charge is 0.395 e. The van der Waals surface area contributed by atoms with Crippen LogP contribution in [0.2, 0.25) is 0 Å². The molecule has 4 nitrogen and oxygen atoms in total. The van der Waals surface area contributed by atoms with E-state index in [0.717, 1.165) is 12.0 Å². The zero-order valence-corrected chi connectivity index (χ0v) is 6.14. The monoisotopic (exact) mass is 154 g/mol. The summed E-state index contributed by atoms with van der Waals surface area (Å²) in [6.07, 6.45) is 0. The summed E-state index contributed by atoms with van der Waals surface area (Å²) in [4.78, 5) is 0. The van der Waals surface area contributed by atoms with Crippen LogP contribution in [-0.2, 0) is 9.37 Å². The van der Waals surface area contributed by atoms with Gasteiger partial charge in [0.1, 0.15) is 0 Å². The Morgan fingerprint density at radius 2 is 2.11 bits per heavy atom. The van der Waals surface area contributed by atoms with Crippen LogP contribution >= 0.6 is 12.0 Å². The molecular weight excluding hydrogens is 144 g/mol. The molecule has 0 aromatic heterocycles. The van der Waals surface area contributed by atoms with Gasteiger partial charge in [-0.3, -0.25) is 0 Å². The smallest absolute Gasteiger partial charge is 0.0629 e. The Kier molecular flexibility index (Phi) is 4.16. The first-order valence-electron chi connectivity index (χ1n) is 2.39. The van der Waals surface area contributed by atoms with Crippen LogP contribution in [0, 0.1) is 0 Å². The highest BCUT2D eigenvalue weighted by molar-refractivity contribution is 7.95. The van der Waals surface area contributed by atoms with E-state index in [1.165, 1.54) is 0 Å². The van der Waals surface area contributed by atoms with Gasteiger partial charge in [-0.2, -0.15) is 0 Å². The maximum absolute atomic E-state index is 8.58. The molecule has 0 radical (unpaired) electrons. The lowest BCUT2D eigenvalue weighted by molar-refractivity contribution is -0.432. The maximum Gasteiger partial charge on any atom is 0.0629 e. The standard InChI is InChI=1S/C4H10O4S/c1-4(2,3-5)9-8-7-6/h5-6H,3H2,1-2H3. The third-order valence-corrected chi connectivity index (χ3v) is 1.38. The molecular formula is C4H10O4S. The van der Waals surface area contributed by atoms with Crippen LogP contribution in [0.3, 0.4) is 0 Å². The predicted molar refractivity (Wildman–Crippen MR) is 33.6 cm³/mol. The fourth-order valence-electron chi connectivity index (χ4n) is 0.134. The summed E-state index contributed by atoms with van der Waals surface area (Å²) in [5.74, 6) is 0. The zero-order valence-electron chi connectivity index (χ0n) is 5.33. The number of rotatable bonds is 4. The molecule has 56 valence electrons. The zero-order chi connectivity index (χ0) is 7.33.